The molecule has 0 spiro atoms. The first-order valence-corrected chi connectivity index (χ1v) is 5.52. The first-order chi connectivity index (χ1) is 8.18. The van der Waals surface area contributed by atoms with E-state index in [4.69, 9.17) is 5.11 Å². The fraction of sp³-hybridized carbons (Fsp3) is 0.231. The lowest BCUT2D eigenvalue weighted by atomic mass is 10.2. The van der Waals surface area contributed by atoms with E-state index < -0.39 is 5.97 Å². The molecule has 1 aromatic rings. The summed E-state index contributed by atoms with van der Waals surface area (Å²) in [5.74, 6) is -1.12. The van der Waals surface area contributed by atoms with Gasteiger partial charge in [0.2, 0.25) is 0 Å². The number of hydrogen-bond donors (Lipinski definition) is 2. The normalized spacial score (nSPS) is 12.1. The maximum atomic E-state index is 11.6. The molecular formula is C13H15NO3. The molecule has 0 fully saturated rings. The minimum absolute atomic E-state index is 0.0784. The van der Waals surface area contributed by atoms with E-state index in [2.05, 4.69) is 4.98 Å². The number of aromatic carboxylic acids is 1. The zero-order valence-electron chi connectivity index (χ0n) is 9.86. The van der Waals surface area contributed by atoms with Crippen molar-refractivity contribution in [2.75, 3.05) is 0 Å². The van der Waals surface area contributed by atoms with Crippen LogP contribution in [0.5, 0.6) is 0 Å². The van der Waals surface area contributed by atoms with Crippen LogP contribution in [0.15, 0.2) is 23.0 Å². The van der Waals surface area contributed by atoms with E-state index in [0.717, 1.165) is 6.07 Å². The van der Waals surface area contributed by atoms with Crippen molar-refractivity contribution < 1.29 is 9.90 Å². The summed E-state index contributed by atoms with van der Waals surface area (Å²) in [6, 6.07) is 1.10. The van der Waals surface area contributed by atoms with Gasteiger partial charge in [-0.3, -0.25) is 4.79 Å². The summed E-state index contributed by atoms with van der Waals surface area (Å²) in [6.07, 6.45) is 7.85. The predicted molar refractivity (Wildman–Crippen MR) is 67.3 cm³/mol. The molecule has 2 N–H and O–H groups in total. The number of aromatic nitrogens is 1. The third kappa shape index (κ3) is 2.93. The molecule has 0 unspecified atom stereocenters. The van der Waals surface area contributed by atoms with Crippen LogP contribution >= 0.6 is 0 Å². The molecule has 0 aromatic carbocycles. The van der Waals surface area contributed by atoms with E-state index in [1.54, 1.807) is 18.2 Å². The van der Waals surface area contributed by atoms with Crippen molar-refractivity contribution in [2.45, 2.75) is 20.3 Å². The summed E-state index contributed by atoms with van der Waals surface area (Å²) >= 11 is 0. The van der Waals surface area contributed by atoms with Crippen molar-refractivity contribution in [3.05, 3.63) is 44.7 Å². The highest BCUT2D eigenvalue weighted by Crippen LogP contribution is 1.88. The van der Waals surface area contributed by atoms with Crippen molar-refractivity contribution >= 4 is 18.1 Å². The zero-order chi connectivity index (χ0) is 12.8. The molecule has 1 aliphatic rings. The van der Waals surface area contributed by atoms with E-state index in [0.29, 0.717) is 17.0 Å². The van der Waals surface area contributed by atoms with Gasteiger partial charge in [-0.25, -0.2) is 4.79 Å². The fourth-order valence-electron chi connectivity index (χ4n) is 1.47. The Labute approximate surface area is 98.6 Å². The molecule has 90 valence electrons. The van der Waals surface area contributed by atoms with E-state index >= 15 is 0 Å². The van der Waals surface area contributed by atoms with Gasteiger partial charge in [-0.1, -0.05) is 32.1 Å². The Bertz CT molecular complexity index is 609. The van der Waals surface area contributed by atoms with Crippen molar-refractivity contribution in [3.8, 4) is 0 Å². The SMILES string of the molecule is CC.O=C(O)c1cc(=O)c2c([nH]1)=CCC=CC=2. The molecular weight excluding hydrogens is 218 g/mol. The van der Waals surface area contributed by atoms with E-state index in [9.17, 15) is 9.59 Å². The number of carboxylic acids is 1. The zero-order valence-corrected chi connectivity index (χ0v) is 9.86. The van der Waals surface area contributed by atoms with Gasteiger partial charge in [0.25, 0.3) is 0 Å². The number of carboxylic acid groups (broad SMARTS) is 1. The molecule has 17 heavy (non-hydrogen) atoms. The van der Waals surface area contributed by atoms with Gasteiger partial charge in [-0.2, -0.15) is 0 Å². The van der Waals surface area contributed by atoms with E-state index in [1.807, 2.05) is 19.9 Å². The monoisotopic (exact) mass is 233 g/mol. The smallest absolute Gasteiger partial charge is 0.352 e. The first-order valence-electron chi connectivity index (χ1n) is 5.52. The molecule has 1 heterocycles. The van der Waals surface area contributed by atoms with Crippen LogP contribution in [0.1, 0.15) is 30.8 Å². The number of hydrogen-bond acceptors (Lipinski definition) is 2. The van der Waals surface area contributed by atoms with Gasteiger partial charge in [0.1, 0.15) is 5.69 Å². The van der Waals surface area contributed by atoms with Crippen LogP contribution in [0.3, 0.4) is 0 Å². The van der Waals surface area contributed by atoms with Crippen LogP contribution in [0.2, 0.25) is 0 Å². The summed E-state index contributed by atoms with van der Waals surface area (Å²) < 4.78 is 0. The van der Waals surface area contributed by atoms with Crippen LogP contribution in [0.25, 0.3) is 12.2 Å². The highest BCUT2D eigenvalue weighted by molar-refractivity contribution is 5.85. The topological polar surface area (TPSA) is 70.2 Å². The molecule has 1 aliphatic carbocycles. The third-order valence-corrected chi connectivity index (χ3v) is 2.19. The van der Waals surface area contributed by atoms with Crippen LogP contribution < -0.4 is 16.0 Å². The number of fused-ring (bicyclic) bond motifs is 1. The number of aromatic amines is 1. The molecule has 0 bridgehead atoms. The second kappa shape index (κ2) is 5.84. The Morgan fingerprint density at radius 2 is 2.12 bits per heavy atom. The van der Waals surface area contributed by atoms with Gasteiger partial charge >= 0.3 is 5.97 Å². The number of carbonyl (C=O) groups is 1. The maximum Gasteiger partial charge on any atom is 0.352 e. The lowest BCUT2D eigenvalue weighted by Gasteiger charge is -1.95. The van der Waals surface area contributed by atoms with Crippen molar-refractivity contribution in [1.29, 1.82) is 0 Å². The molecule has 4 heteroatoms. The minimum atomic E-state index is -1.12. The summed E-state index contributed by atoms with van der Waals surface area (Å²) in [5, 5.41) is 9.85. The number of H-pyrrole nitrogens is 1. The average molecular weight is 233 g/mol. The second-order valence-electron chi connectivity index (χ2n) is 3.21. The molecule has 0 radical (unpaired) electrons. The Morgan fingerprint density at radius 3 is 2.76 bits per heavy atom. The standard InChI is InChI=1S/C11H9NO3.C2H6/c13-10-6-9(11(14)15)12-8-5-3-1-2-4-7(8)10;1-2/h1-2,4-6,12H,3H2,(H,14,15);1-2H3. The fourth-order valence-corrected chi connectivity index (χ4v) is 1.47. The summed E-state index contributed by atoms with van der Waals surface area (Å²) in [4.78, 5) is 25.0. The molecule has 0 amide bonds. The summed E-state index contributed by atoms with van der Waals surface area (Å²) in [5.41, 5.74) is -0.353. The van der Waals surface area contributed by atoms with Gasteiger partial charge in [0, 0.05) is 16.6 Å². The molecule has 0 aliphatic heterocycles. The highest BCUT2D eigenvalue weighted by atomic mass is 16.4. The number of nitrogens with one attached hydrogen (secondary N) is 1. The molecule has 2 rings (SSSR count). The molecule has 1 aromatic heterocycles. The van der Waals surface area contributed by atoms with Crippen molar-refractivity contribution in [1.82, 2.24) is 4.98 Å². The Morgan fingerprint density at radius 1 is 1.41 bits per heavy atom. The van der Waals surface area contributed by atoms with Gasteiger partial charge < -0.3 is 10.1 Å². The lowest BCUT2D eigenvalue weighted by Crippen LogP contribution is -2.41. The maximum absolute atomic E-state index is 11.6. The van der Waals surface area contributed by atoms with Crippen LogP contribution in [0, 0.1) is 0 Å². The largest absolute Gasteiger partial charge is 0.477 e. The Hall–Kier alpha value is -2.10. The lowest BCUT2D eigenvalue weighted by molar-refractivity contribution is 0.0690. The van der Waals surface area contributed by atoms with Gasteiger partial charge in [-0.15, -0.1) is 0 Å². The molecule has 0 atom stereocenters. The van der Waals surface area contributed by atoms with E-state index in [-0.39, 0.29) is 11.1 Å². The predicted octanol–water partition coefficient (Wildman–Crippen LogP) is 0.620. The minimum Gasteiger partial charge on any atom is -0.477 e. The average Bonchev–Trinajstić information content (AvgIpc) is 2.57. The second-order valence-corrected chi connectivity index (χ2v) is 3.21. The number of rotatable bonds is 1. The quantitative estimate of drug-likeness (QED) is 0.747. The molecule has 0 saturated heterocycles. The van der Waals surface area contributed by atoms with E-state index in [1.165, 1.54) is 0 Å². The van der Waals surface area contributed by atoms with Crippen LogP contribution in [-0.4, -0.2) is 16.1 Å². The number of pyridine rings is 1. The van der Waals surface area contributed by atoms with Crippen LogP contribution in [0.4, 0.5) is 0 Å². The van der Waals surface area contributed by atoms with Crippen molar-refractivity contribution in [3.63, 3.8) is 0 Å². The first kappa shape index (κ1) is 13.0. The molecule has 4 nitrogen and oxygen atoms in total. The van der Waals surface area contributed by atoms with Crippen molar-refractivity contribution in [2.24, 2.45) is 0 Å². The van der Waals surface area contributed by atoms with Crippen LogP contribution in [-0.2, 0) is 0 Å². The van der Waals surface area contributed by atoms with Gasteiger partial charge in [0.15, 0.2) is 5.43 Å². The molecule has 0 saturated carbocycles. The van der Waals surface area contributed by atoms with Gasteiger partial charge in [0.05, 0.1) is 0 Å². The summed E-state index contributed by atoms with van der Waals surface area (Å²) in [6.45, 7) is 4.00. The number of allylic oxidation sites excluding steroid dienone is 2. The Kier molecular flexibility index (Phi) is 4.46. The van der Waals surface area contributed by atoms with Gasteiger partial charge in [-0.05, 0) is 12.5 Å². The third-order valence-electron chi connectivity index (χ3n) is 2.19. The Balaban J connectivity index is 0.000000686. The highest BCUT2D eigenvalue weighted by Gasteiger charge is 2.05. The summed E-state index contributed by atoms with van der Waals surface area (Å²) in [7, 11) is 0.